The molecule has 0 radical (unpaired) electrons. The van der Waals surface area contributed by atoms with Gasteiger partial charge in [0.05, 0.1) is 11.2 Å². The minimum absolute atomic E-state index is 0.0611. The summed E-state index contributed by atoms with van der Waals surface area (Å²) in [6, 6.07) is 13.6. The molecule has 1 aromatic heterocycles. The van der Waals surface area contributed by atoms with Crippen LogP contribution in [0.5, 0.6) is 0 Å². The van der Waals surface area contributed by atoms with Crippen molar-refractivity contribution in [2.75, 3.05) is 19.6 Å². The van der Waals surface area contributed by atoms with Gasteiger partial charge in [0.1, 0.15) is 6.33 Å². The number of carbonyl (C=O) groups excluding carboxylic acids is 1. The van der Waals surface area contributed by atoms with E-state index in [1.54, 1.807) is 6.33 Å². The van der Waals surface area contributed by atoms with Gasteiger partial charge in [-0.3, -0.25) is 4.79 Å². The monoisotopic (exact) mass is 424 g/mol. The van der Waals surface area contributed by atoms with Gasteiger partial charge in [0.2, 0.25) is 0 Å². The fourth-order valence-corrected chi connectivity index (χ4v) is 3.92. The zero-order valence-electron chi connectivity index (χ0n) is 15.4. The van der Waals surface area contributed by atoms with E-state index < -0.39 is 0 Å². The zero-order chi connectivity index (χ0) is 19.0. The van der Waals surface area contributed by atoms with E-state index in [9.17, 15) is 4.79 Å². The standard InChI is InChI=1S/C21H21BrN4O/c1-21(2)12-26(9-8-25-21)20(27)15-5-3-4-14(10-15)19-17-11-16(22)6-7-18(17)23-13-24-19/h3-7,10-11,13,25H,8-9,12H2,1-2H3. The van der Waals surface area contributed by atoms with Crippen molar-refractivity contribution in [3.8, 4) is 11.3 Å². The Balaban J connectivity index is 1.71. The van der Waals surface area contributed by atoms with Gasteiger partial charge in [-0.15, -0.1) is 0 Å². The van der Waals surface area contributed by atoms with E-state index in [1.165, 1.54) is 0 Å². The van der Waals surface area contributed by atoms with Crippen LogP contribution in [0.2, 0.25) is 0 Å². The lowest BCUT2D eigenvalue weighted by Gasteiger charge is -2.39. The first-order chi connectivity index (χ1) is 12.9. The summed E-state index contributed by atoms with van der Waals surface area (Å²) in [7, 11) is 0. The Bertz CT molecular complexity index is 1020. The van der Waals surface area contributed by atoms with E-state index in [-0.39, 0.29) is 11.4 Å². The molecule has 2 heterocycles. The van der Waals surface area contributed by atoms with Gasteiger partial charge in [0, 0.05) is 46.2 Å². The van der Waals surface area contributed by atoms with Crippen LogP contribution in [0.15, 0.2) is 53.3 Å². The predicted octanol–water partition coefficient (Wildman–Crippen LogP) is 3.88. The third-order valence-electron chi connectivity index (χ3n) is 4.84. The molecular formula is C21H21BrN4O. The number of piperazine rings is 1. The highest BCUT2D eigenvalue weighted by atomic mass is 79.9. The number of amides is 1. The van der Waals surface area contributed by atoms with Crippen molar-refractivity contribution in [1.82, 2.24) is 20.2 Å². The SMILES string of the molecule is CC1(C)CN(C(=O)c2cccc(-c3ncnc4ccc(Br)cc34)c2)CCN1. The van der Waals surface area contributed by atoms with Crippen molar-refractivity contribution in [3.05, 3.63) is 58.8 Å². The number of nitrogens with one attached hydrogen (secondary N) is 1. The molecule has 5 nitrogen and oxygen atoms in total. The first kappa shape index (κ1) is 18.1. The number of benzene rings is 2. The molecule has 0 unspecified atom stereocenters. The maximum atomic E-state index is 13.0. The van der Waals surface area contributed by atoms with Crippen LogP contribution in [-0.4, -0.2) is 45.9 Å². The highest BCUT2D eigenvalue weighted by Gasteiger charge is 2.29. The molecule has 0 aliphatic carbocycles. The first-order valence-electron chi connectivity index (χ1n) is 8.98. The van der Waals surface area contributed by atoms with E-state index in [0.717, 1.165) is 39.7 Å². The summed E-state index contributed by atoms with van der Waals surface area (Å²) in [5.74, 6) is 0.0611. The molecule has 0 bridgehead atoms. The number of rotatable bonds is 2. The maximum absolute atomic E-state index is 13.0. The Labute approximate surface area is 166 Å². The molecule has 1 N–H and O–H groups in total. The van der Waals surface area contributed by atoms with Crippen LogP contribution in [-0.2, 0) is 0 Å². The highest BCUT2D eigenvalue weighted by molar-refractivity contribution is 9.10. The second-order valence-corrected chi connectivity index (χ2v) is 8.42. The Morgan fingerprint density at radius 2 is 2.04 bits per heavy atom. The van der Waals surface area contributed by atoms with E-state index in [2.05, 4.69) is 45.1 Å². The zero-order valence-corrected chi connectivity index (χ0v) is 17.0. The number of hydrogen-bond donors (Lipinski definition) is 1. The van der Waals surface area contributed by atoms with Gasteiger partial charge in [-0.2, -0.15) is 0 Å². The second kappa shape index (κ2) is 7.02. The number of aromatic nitrogens is 2. The summed E-state index contributed by atoms with van der Waals surface area (Å²) in [6.45, 7) is 6.46. The summed E-state index contributed by atoms with van der Waals surface area (Å²) in [5.41, 5.74) is 3.24. The van der Waals surface area contributed by atoms with Crippen LogP contribution in [0.4, 0.5) is 0 Å². The van der Waals surface area contributed by atoms with Crippen LogP contribution < -0.4 is 5.32 Å². The first-order valence-corrected chi connectivity index (χ1v) is 9.77. The molecule has 4 rings (SSSR count). The summed E-state index contributed by atoms with van der Waals surface area (Å²) < 4.78 is 0.973. The summed E-state index contributed by atoms with van der Waals surface area (Å²) in [5, 5.41) is 4.40. The van der Waals surface area contributed by atoms with Gasteiger partial charge in [0.25, 0.3) is 5.91 Å². The molecule has 0 spiro atoms. The number of hydrogen-bond acceptors (Lipinski definition) is 4. The second-order valence-electron chi connectivity index (χ2n) is 7.50. The minimum atomic E-state index is -0.0688. The lowest BCUT2D eigenvalue weighted by Crippen LogP contribution is -2.58. The Morgan fingerprint density at radius 1 is 1.19 bits per heavy atom. The van der Waals surface area contributed by atoms with Crippen LogP contribution in [0, 0.1) is 0 Å². The topological polar surface area (TPSA) is 58.1 Å². The highest BCUT2D eigenvalue weighted by Crippen LogP contribution is 2.28. The number of nitrogens with zero attached hydrogens (tertiary/aromatic N) is 3. The van der Waals surface area contributed by atoms with Crippen LogP contribution in [0.25, 0.3) is 22.2 Å². The molecule has 0 atom stereocenters. The fraction of sp³-hybridized carbons (Fsp3) is 0.286. The summed E-state index contributed by atoms with van der Waals surface area (Å²) in [4.78, 5) is 23.8. The smallest absolute Gasteiger partial charge is 0.253 e. The maximum Gasteiger partial charge on any atom is 0.253 e. The van der Waals surface area contributed by atoms with Gasteiger partial charge in [0.15, 0.2) is 0 Å². The van der Waals surface area contributed by atoms with Crippen molar-refractivity contribution >= 4 is 32.7 Å². The average molecular weight is 425 g/mol. The third kappa shape index (κ3) is 3.73. The molecular weight excluding hydrogens is 404 g/mol. The molecule has 6 heteroatoms. The Hall–Kier alpha value is -2.31. The normalized spacial score (nSPS) is 16.5. The lowest BCUT2D eigenvalue weighted by molar-refractivity contribution is 0.0652. The van der Waals surface area contributed by atoms with E-state index in [1.807, 2.05) is 47.4 Å². The van der Waals surface area contributed by atoms with Crippen molar-refractivity contribution in [2.45, 2.75) is 19.4 Å². The van der Waals surface area contributed by atoms with Gasteiger partial charge in [-0.1, -0.05) is 28.1 Å². The molecule has 2 aromatic carbocycles. The van der Waals surface area contributed by atoms with Crippen LogP contribution in [0.1, 0.15) is 24.2 Å². The van der Waals surface area contributed by atoms with E-state index in [4.69, 9.17) is 0 Å². The molecule has 1 saturated heterocycles. The van der Waals surface area contributed by atoms with E-state index >= 15 is 0 Å². The summed E-state index contributed by atoms with van der Waals surface area (Å²) in [6.07, 6.45) is 1.57. The number of carbonyl (C=O) groups is 1. The van der Waals surface area contributed by atoms with Crippen molar-refractivity contribution in [1.29, 1.82) is 0 Å². The molecule has 1 aliphatic rings. The fourth-order valence-electron chi connectivity index (χ4n) is 3.56. The molecule has 27 heavy (non-hydrogen) atoms. The molecule has 1 fully saturated rings. The van der Waals surface area contributed by atoms with Crippen LogP contribution >= 0.6 is 15.9 Å². The lowest BCUT2D eigenvalue weighted by atomic mass is 10.00. The van der Waals surface area contributed by atoms with Gasteiger partial charge in [-0.25, -0.2) is 9.97 Å². The van der Waals surface area contributed by atoms with E-state index in [0.29, 0.717) is 12.1 Å². The quantitative estimate of drug-likeness (QED) is 0.677. The van der Waals surface area contributed by atoms with Crippen molar-refractivity contribution < 1.29 is 4.79 Å². The van der Waals surface area contributed by atoms with Crippen molar-refractivity contribution in [3.63, 3.8) is 0 Å². The predicted molar refractivity (Wildman–Crippen MR) is 111 cm³/mol. The number of halogens is 1. The third-order valence-corrected chi connectivity index (χ3v) is 5.33. The number of fused-ring (bicyclic) bond motifs is 1. The molecule has 0 saturated carbocycles. The Kier molecular flexibility index (Phi) is 4.70. The summed E-state index contributed by atoms with van der Waals surface area (Å²) >= 11 is 3.52. The Morgan fingerprint density at radius 3 is 2.85 bits per heavy atom. The molecule has 1 amide bonds. The van der Waals surface area contributed by atoms with Gasteiger partial charge < -0.3 is 10.2 Å². The van der Waals surface area contributed by atoms with Gasteiger partial charge >= 0.3 is 0 Å². The molecule has 3 aromatic rings. The van der Waals surface area contributed by atoms with Crippen LogP contribution in [0.3, 0.4) is 0 Å². The van der Waals surface area contributed by atoms with Gasteiger partial charge in [-0.05, 0) is 44.2 Å². The molecule has 1 aliphatic heterocycles. The van der Waals surface area contributed by atoms with Crippen molar-refractivity contribution in [2.24, 2.45) is 0 Å². The minimum Gasteiger partial charge on any atom is -0.336 e. The average Bonchev–Trinajstić information content (AvgIpc) is 2.66. The largest absolute Gasteiger partial charge is 0.336 e. The molecule has 138 valence electrons.